The fraction of sp³-hybridized carbons (Fsp3) is 1.00. The van der Waals surface area contributed by atoms with Gasteiger partial charge < -0.3 is 48.1 Å². The molecule has 0 saturated heterocycles. The molecule has 318 valence electrons. The van der Waals surface area contributed by atoms with E-state index in [-0.39, 0.29) is 112 Å². The highest BCUT2D eigenvalue weighted by Gasteiger charge is 2.01. The van der Waals surface area contributed by atoms with Gasteiger partial charge >= 0.3 is 0 Å². The van der Waals surface area contributed by atoms with Crippen LogP contribution < -0.4 is 0 Å². The molecule has 0 aromatic heterocycles. The summed E-state index contributed by atoms with van der Waals surface area (Å²) < 4.78 is 39.0. The Balaban J connectivity index is -0.0000000208. The molecule has 0 aliphatic rings. The molecular formula is C38H106O10. The molecule has 0 rings (SSSR count). The summed E-state index contributed by atoms with van der Waals surface area (Å²) in [6.45, 7) is 14.1. The van der Waals surface area contributed by atoms with E-state index in [1.807, 2.05) is 13.8 Å². The van der Waals surface area contributed by atoms with Crippen molar-refractivity contribution >= 4 is 0 Å². The third kappa shape index (κ3) is 96.9. The van der Waals surface area contributed by atoms with Gasteiger partial charge in [0.2, 0.25) is 0 Å². The van der Waals surface area contributed by atoms with Crippen LogP contribution in [0.2, 0.25) is 0 Å². The van der Waals surface area contributed by atoms with Crippen LogP contribution in [0.3, 0.4) is 0 Å². The standard InChI is InChI=1S/3C6H14O2.2C5H12O2.10CH4/c1-6(4-7-2)5-8-3;2*1-4-6(8-3)5-7-2;1-5(3-6)4-7-2;1-3-5(4-6)7-2;;;;;;;;;;/h3*6H,4-5H2,1-3H3;2*5-6H,3-4H2,1-2H3;10*1H4. The van der Waals surface area contributed by atoms with Crippen LogP contribution in [0, 0.1) is 11.8 Å². The number of aliphatic hydroxyl groups excluding tert-OH is 2. The largest absolute Gasteiger partial charge is 0.396 e. The maximum absolute atomic E-state index is 8.40. The van der Waals surface area contributed by atoms with Crippen LogP contribution in [0.1, 0.15) is 128 Å². The van der Waals surface area contributed by atoms with Gasteiger partial charge in [0.25, 0.3) is 0 Å². The van der Waals surface area contributed by atoms with Crippen molar-refractivity contribution in [2.45, 2.75) is 146 Å². The van der Waals surface area contributed by atoms with E-state index in [4.69, 9.17) is 48.1 Å². The summed E-state index contributed by atoms with van der Waals surface area (Å²) in [5, 5.41) is 16.8. The van der Waals surface area contributed by atoms with E-state index < -0.39 is 0 Å². The molecule has 4 unspecified atom stereocenters. The molecule has 10 nitrogen and oxygen atoms in total. The Morgan fingerprint density at radius 2 is 0.583 bits per heavy atom. The zero-order valence-corrected chi connectivity index (χ0v) is 27.1. The van der Waals surface area contributed by atoms with Crippen molar-refractivity contribution in [2.24, 2.45) is 11.8 Å². The third-order valence-electron chi connectivity index (χ3n) is 4.94. The van der Waals surface area contributed by atoms with Gasteiger partial charge in [0.15, 0.2) is 0 Å². The van der Waals surface area contributed by atoms with Gasteiger partial charge in [0.1, 0.15) is 0 Å². The van der Waals surface area contributed by atoms with Crippen LogP contribution in [0.25, 0.3) is 0 Å². The molecular weight excluding hydrogens is 616 g/mol. The fourth-order valence-corrected chi connectivity index (χ4v) is 2.40. The van der Waals surface area contributed by atoms with E-state index in [1.54, 1.807) is 56.9 Å². The van der Waals surface area contributed by atoms with Crippen LogP contribution >= 0.6 is 0 Å². The molecule has 10 heteroatoms. The average molecular weight is 723 g/mol. The lowest BCUT2D eigenvalue weighted by Crippen LogP contribution is -2.15. The molecule has 0 aliphatic heterocycles. The summed E-state index contributed by atoms with van der Waals surface area (Å²) in [7, 11) is 13.4. The van der Waals surface area contributed by atoms with Gasteiger partial charge in [-0.1, -0.05) is 109 Å². The molecule has 0 heterocycles. The lowest BCUT2D eigenvalue weighted by atomic mass is 10.2. The molecule has 0 radical (unpaired) electrons. The Morgan fingerprint density at radius 3 is 0.667 bits per heavy atom. The molecule has 0 bridgehead atoms. The van der Waals surface area contributed by atoms with Gasteiger partial charge in [0, 0.05) is 75.3 Å². The molecule has 0 saturated carbocycles. The number of ether oxygens (including phenoxy) is 8. The van der Waals surface area contributed by atoms with Crippen molar-refractivity contribution in [3.63, 3.8) is 0 Å². The van der Waals surface area contributed by atoms with E-state index in [1.165, 1.54) is 0 Å². The van der Waals surface area contributed by atoms with Gasteiger partial charge in [0.05, 0.1) is 58.0 Å². The molecule has 0 aliphatic carbocycles. The van der Waals surface area contributed by atoms with Crippen LogP contribution in [-0.4, -0.2) is 132 Å². The Morgan fingerprint density at radius 1 is 0.354 bits per heavy atom. The summed E-state index contributed by atoms with van der Waals surface area (Å²) in [5.74, 6) is 0.801. The lowest BCUT2D eigenvalue weighted by molar-refractivity contribution is 0.0265. The van der Waals surface area contributed by atoms with E-state index in [0.717, 1.165) is 32.5 Å². The maximum atomic E-state index is 8.40. The summed E-state index contributed by atoms with van der Waals surface area (Å²) in [6.07, 6.45) is 3.52. The highest BCUT2D eigenvalue weighted by molar-refractivity contribution is 4.50. The second-order valence-electron chi connectivity index (χ2n) is 8.65. The number of hydrogen-bond donors (Lipinski definition) is 2. The number of aliphatic hydroxyl groups is 2. The summed E-state index contributed by atoms with van der Waals surface area (Å²) >= 11 is 0. The zero-order chi connectivity index (χ0) is 30.6. The highest BCUT2D eigenvalue weighted by Crippen LogP contribution is 1.95. The maximum Gasteiger partial charge on any atom is 0.0801 e. The van der Waals surface area contributed by atoms with Crippen molar-refractivity contribution < 1.29 is 48.1 Å². The SMILES string of the molecule is C.C.C.C.C.C.C.C.C.C.CCC(CO)OC.CCC(COC)OC.CCC(COC)OC.COCC(C)CO.COCC(C)COC. The molecule has 0 amide bonds. The van der Waals surface area contributed by atoms with E-state index in [9.17, 15) is 0 Å². The van der Waals surface area contributed by atoms with Crippen LogP contribution in [0.5, 0.6) is 0 Å². The van der Waals surface area contributed by atoms with Crippen LogP contribution in [-0.2, 0) is 37.9 Å². The second kappa shape index (κ2) is 91.2. The predicted molar refractivity (Wildman–Crippen MR) is 222 cm³/mol. The molecule has 0 spiro atoms. The molecule has 0 aromatic rings. The first-order valence-electron chi connectivity index (χ1n) is 13.4. The van der Waals surface area contributed by atoms with Crippen molar-refractivity contribution in [3.8, 4) is 0 Å². The van der Waals surface area contributed by atoms with Gasteiger partial charge in [-0.2, -0.15) is 0 Å². The van der Waals surface area contributed by atoms with E-state index in [2.05, 4.69) is 20.8 Å². The van der Waals surface area contributed by atoms with Crippen molar-refractivity contribution in [1.82, 2.24) is 0 Å². The number of hydrogen-bond acceptors (Lipinski definition) is 10. The minimum atomic E-state index is 0. The molecule has 0 fully saturated rings. The Bertz CT molecular complexity index is 331. The number of methoxy groups -OCH3 is 8. The van der Waals surface area contributed by atoms with Crippen LogP contribution in [0.15, 0.2) is 0 Å². The minimum Gasteiger partial charge on any atom is -0.396 e. The molecule has 0 aromatic carbocycles. The third-order valence-corrected chi connectivity index (χ3v) is 4.94. The minimum absolute atomic E-state index is 0. The Kier molecular flexibility index (Phi) is 185. The normalized spacial score (nSPS) is 10.5. The molecule has 4 atom stereocenters. The van der Waals surface area contributed by atoms with E-state index >= 15 is 0 Å². The Hall–Kier alpha value is -0.400. The van der Waals surface area contributed by atoms with Crippen LogP contribution in [0.4, 0.5) is 0 Å². The highest BCUT2D eigenvalue weighted by atomic mass is 16.5. The van der Waals surface area contributed by atoms with Gasteiger partial charge in [-0.25, -0.2) is 0 Å². The predicted octanol–water partition coefficient (Wildman–Crippen LogP) is 10.1. The summed E-state index contributed by atoms with van der Waals surface area (Å²) in [6, 6.07) is 0. The molecule has 48 heavy (non-hydrogen) atoms. The lowest BCUT2D eigenvalue weighted by Gasteiger charge is -2.09. The fourth-order valence-electron chi connectivity index (χ4n) is 2.40. The summed E-state index contributed by atoms with van der Waals surface area (Å²) in [5.41, 5.74) is 0. The van der Waals surface area contributed by atoms with Gasteiger partial charge in [-0.15, -0.1) is 0 Å². The summed E-state index contributed by atoms with van der Waals surface area (Å²) in [4.78, 5) is 0. The topological polar surface area (TPSA) is 114 Å². The van der Waals surface area contributed by atoms with E-state index in [0.29, 0.717) is 25.7 Å². The van der Waals surface area contributed by atoms with Crippen molar-refractivity contribution in [1.29, 1.82) is 0 Å². The number of rotatable bonds is 18. The average Bonchev–Trinajstić information content (AvgIpc) is 2.93. The smallest absolute Gasteiger partial charge is 0.0801 e. The van der Waals surface area contributed by atoms with Gasteiger partial charge in [-0.05, 0) is 19.3 Å². The first-order chi connectivity index (χ1) is 18.2. The van der Waals surface area contributed by atoms with Crippen molar-refractivity contribution in [2.75, 3.05) is 103 Å². The first kappa shape index (κ1) is 97.3. The van der Waals surface area contributed by atoms with Crippen molar-refractivity contribution in [3.05, 3.63) is 0 Å². The monoisotopic (exact) mass is 723 g/mol. The quantitative estimate of drug-likeness (QED) is 0.142. The molecule has 2 N–H and O–H groups in total. The second-order valence-corrected chi connectivity index (χ2v) is 8.65. The Labute approximate surface area is 309 Å². The van der Waals surface area contributed by atoms with Gasteiger partial charge in [-0.3, -0.25) is 0 Å². The first-order valence-corrected chi connectivity index (χ1v) is 13.4. The zero-order valence-electron chi connectivity index (χ0n) is 27.1.